The molecule has 1 aliphatic rings. The van der Waals surface area contributed by atoms with Gasteiger partial charge in [-0.15, -0.1) is 0 Å². The molecule has 29 heavy (non-hydrogen) atoms. The summed E-state index contributed by atoms with van der Waals surface area (Å²) in [5, 5.41) is 2.95. The number of carbonyl (C=O) groups is 1. The number of aryl methyl sites for hydroxylation is 2. The molecule has 0 fully saturated rings. The first kappa shape index (κ1) is 21.2. The van der Waals surface area contributed by atoms with Crippen molar-refractivity contribution in [3.63, 3.8) is 0 Å². The van der Waals surface area contributed by atoms with E-state index < -0.39 is 0 Å². The van der Waals surface area contributed by atoms with Gasteiger partial charge in [0.25, 0.3) is 5.91 Å². The van der Waals surface area contributed by atoms with E-state index in [0.29, 0.717) is 23.6 Å². The molecule has 5 heteroatoms. The number of amides is 1. The van der Waals surface area contributed by atoms with Crippen molar-refractivity contribution in [1.29, 1.82) is 0 Å². The van der Waals surface area contributed by atoms with Gasteiger partial charge in [-0.3, -0.25) is 4.79 Å². The number of carbonyl (C=O) groups excluding carboxylic acids is 1. The Bertz CT molecular complexity index is 999. The van der Waals surface area contributed by atoms with Crippen LogP contribution >= 0.6 is 15.9 Å². The molecule has 0 bridgehead atoms. The van der Waals surface area contributed by atoms with Crippen LogP contribution in [-0.2, 0) is 11.2 Å². The number of para-hydroxylation sites is 1. The van der Waals surface area contributed by atoms with Crippen molar-refractivity contribution in [2.75, 3.05) is 19.5 Å². The molecule has 152 valence electrons. The fourth-order valence-corrected chi connectivity index (χ4v) is 4.08. The molecule has 3 rings (SSSR count). The van der Waals surface area contributed by atoms with Gasteiger partial charge >= 0.3 is 0 Å². The number of methoxy groups -OCH3 is 2. The number of ether oxygens (including phenoxy) is 2. The van der Waals surface area contributed by atoms with Crippen LogP contribution in [0.3, 0.4) is 0 Å². The zero-order chi connectivity index (χ0) is 21.1. The molecular formula is C24H26BrNO3. The number of rotatable bonds is 6. The number of hydrogen-bond acceptors (Lipinski definition) is 3. The predicted octanol–water partition coefficient (Wildman–Crippen LogP) is 5.83. The molecule has 0 aromatic heterocycles. The average molecular weight is 456 g/mol. The Morgan fingerprint density at radius 1 is 1.07 bits per heavy atom. The van der Waals surface area contributed by atoms with Crippen molar-refractivity contribution in [3.8, 4) is 11.5 Å². The number of halogens is 1. The fraction of sp³-hybridized carbons (Fsp3) is 0.292. The van der Waals surface area contributed by atoms with Gasteiger partial charge in [0.05, 0.1) is 14.2 Å². The molecule has 2 aromatic rings. The van der Waals surface area contributed by atoms with E-state index in [9.17, 15) is 4.79 Å². The van der Waals surface area contributed by atoms with Crippen LogP contribution < -0.4 is 14.8 Å². The topological polar surface area (TPSA) is 47.6 Å². The highest BCUT2D eigenvalue weighted by Crippen LogP contribution is 2.36. The van der Waals surface area contributed by atoms with Gasteiger partial charge in [-0.25, -0.2) is 0 Å². The predicted molar refractivity (Wildman–Crippen MR) is 121 cm³/mol. The first-order valence-corrected chi connectivity index (χ1v) is 10.3. The smallest absolute Gasteiger partial charge is 0.252 e. The molecule has 1 amide bonds. The Labute approximate surface area is 180 Å². The normalized spacial score (nSPS) is 13.0. The van der Waals surface area contributed by atoms with E-state index in [1.54, 1.807) is 26.4 Å². The molecule has 0 aliphatic heterocycles. The van der Waals surface area contributed by atoms with E-state index >= 15 is 0 Å². The zero-order valence-corrected chi connectivity index (χ0v) is 19.1. The highest BCUT2D eigenvalue weighted by atomic mass is 79.9. The molecule has 4 nitrogen and oxygen atoms in total. The van der Waals surface area contributed by atoms with Crippen LogP contribution in [0, 0.1) is 20.8 Å². The Kier molecular flexibility index (Phi) is 6.48. The van der Waals surface area contributed by atoms with Crippen LogP contribution in [0.1, 0.15) is 28.7 Å². The summed E-state index contributed by atoms with van der Waals surface area (Å²) in [6.45, 7) is 6.40. The second-order valence-electron chi connectivity index (χ2n) is 7.29. The van der Waals surface area contributed by atoms with Crippen molar-refractivity contribution in [1.82, 2.24) is 0 Å². The second kappa shape index (κ2) is 8.87. The van der Waals surface area contributed by atoms with E-state index in [1.165, 1.54) is 27.8 Å². The molecule has 0 unspecified atom stereocenters. The number of nitrogens with one attached hydrogen (secondary N) is 1. The van der Waals surface area contributed by atoms with Crippen molar-refractivity contribution < 1.29 is 14.3 Å². The van der Waals surface area contributed by atoms with Crippen LogP contribution in [0.4, 0.5) is 5.69 Å². The summed E-state index contributed by atoms with van der Waals surface area (Å²) >= 11 is 3.69. The Morgan fingerprint density at radius 2 is 1.72 bits per heavy atom. The van der Waals surface area contributed by atoms with Crippen LogP contribution in [0.15, 0.2) is 52.0 Å². The lowest BCUT2D eigenvalue weighted by Crippen LogP contribution is -2.15. The SMILES string of the molecule is COc1cccc(OC)c1NC(=O)C1=CC=C(Cc2c(C)cc(C)c(Br)c2C)C1. The van der Waals surface area contributed by atoms with E-state index in [2.05, 4.69) is 54.2 Å². The quantitative estimate of drug-likeness (QED) is 0.595. The third-order valence-corrected chi connectivity index (χ3v) is 6.56. The molecule has 0 atom stereocenters. The molecule has 0 spiro atoms. The molecule has 2 aromatic carbocycles. The summed E-state index contributed by atoms with van der Waals surface area (Å²) in [7, 11) is 3.15. The number of anilines is 1. The van der Waals surface area contributed by atoms with Gasteiger partial charge < -0.3 is 14.8 Å². The number of allylic oxidation sites excluding steroid dienone is 3. The zero-order valence-electron chi connectivity index (χ0n) is 17.5. The summed E-state index contributed by atoms with van der Waals surface area (Å²) in [6.07, 6.45) is 5.43. The fourth-order valence-electron chi connectivity index (χ4n) is 3.72. The molecular weight excluding hydrogens is 430 g/mol. The van der Waals surface area contributed by atoms with Crippen molar-refractivity contribution >= 4 is 27.5 Å². The number of benzene rings is 2. The van der Waals surface area contributed by atoms with Gasteiger partial charge in [0.15, 0.2) is 0 Å². The van der Waals surface area contributed by atoms with Crippen LogP contribution in [-0.4, -0.2) is 20.1 Å². The minimum atomic E-state index is -0.141. The summed E-state index contributed by atoms with van der Waals surface area (Å²) < 4.78 is 11.9. The van der Waals surface area contributed by atoms with Gasteiger partial charge in [0.2, 0.25) is 0 Å². The standard InChI is InChI=1S/C24H26BrNO3/c1-14-11-15(2)22(25)16(3)19(14)13-17-9-10-18(12-17)24(27)26-23-20(28-4)7-6-8-21(23)29-5/h6-11H,12-13H2,1-5H3,(H,26,27). The van der Waals surface area contributed by atoms with E-state index in [4.69, 9.17) is 9.47 Å². The Morgan fingerprint density at radius 3 is 2.34 bits per heavy atom. The van der Waals surface area contributed by atoms with Crippen molar-refractivity contribution in [3.05, 3.63) is 74.3 Å². The Hall–Kier alpha value is -2.53. The summed E-state index contributed by atoms with van der Waals surface area (Å²) in [5.74, 6) is 0.998. The highest BCUT2D eigenvalue weighted by molar-refractivity contribution is 9.10. The lowest BCUT2D eigenvalue weighted by atomic mass is 9.93. The van der Waals surface area contributed by atoms with E-state index in [0.717, 1.165) is 16.5 Å². The molecule has 0 saturated heterocycles. The third-order valence-electron chi connectivity index (χ3n) is 5.34. The van der Waals surface area contributed by atoms with Gasteiger partial charge in [-0.05, 0) is 68.0 Å². The van der Waals surface area contributed by atoms with E-state index in [1.807, 2.05) is 12.1 Å². The van der Waals surface area contributed by atoms with Crippen molar-refractivity contribution in [2.45, 2.75) is 33.6 Å². The first-order chi connectivity index (χ1) is 13.8. The molecule has 1 N–H and O–H groups in total. The summed E-state index contributed by atoms with van der Waals surface area (Å²) in [6, 6.07) is 7.63. The van der Waals surface area contributed by atoms with Crippen molar-refractivity contribution in [2.24, 2.45) is 0 Å². The largest absolute Gasteiger partial charge is 0.494 e. The molecule has 0 saturated carbocycles. The average Bonchev–Trinajstić information content (AvgIpc) is 3.18. The lowest BCUT2D eigenvalue weighted by molar-refractivity contribution is -0.112. The maximum absolute atomic E-state index is 12.9. The van der Waals surface area contributed by atoms with Gasteiger partial charge in [-0.2, -0.15) is 0 Å². The van der Waals surface area contributed by atoms with E-state index in [-0.39, 0.29) is 5.91 Å². The molecule has 1 aliphatic carbocycles. The van der Waals surface area contributed by atoms with Crippen LogP contribution in [0.25, 0.3) is 0 Å². The second-order valence-corrected chi connectivity index (χ2v) is 8.08. The number of hydrogen-bond donors (Lipinski definition) is 1. The van der Waals surface area contributed by atoms with Crippen LogP contribution in [0.5, 0.6) is 11.5 Å². The first-order valence-electron chi connectivity index (χ1n) is 9.51. The van der Waals surface area contributed by atoms with Gasteiger partial charge in [0.1, 0.15) is 17.2 Å². The minimum Gasteiger partial charge on any atom is -0.494 e. The van der Waals surface area contributed by atoms with Gasteiger partial charge in [-0.1, -0.05) is 45.8 Å². The maximum atomic E-state index is 12.9. The molecule has 0 heterocycles. The highest BCUT2D eigenvalue weighted by Gasteiger charge is 2.20. The third kappa shape index (κ3) is 4.40. The monoisotopic (exact) mass is 455 g/mol. The maximum Gasteiger partial charge on any atom is 0.252 e. The minimum absolute atomic E-state index is 0.141. The summed E-state index contributed by atoms with van der Waals surface area (Å²) in [5.41, 5.74) is 7.61. The lowest BCUT2D eigenvalue weighted by Gasteiger charge is -2.16. The molecule has 0 radical (unpaired) electrons. The Balaban J connectivity index is 1.72. The van der Waals surface area contributed by atoms with Crippen LogP contribution in [0.2, 0.25) is 0 Å². The summed E-state index contributed by atoms with van der Waals surface area (Å²) in [4.78, 5) is 12.9. The van der Waals surface area contributed by atoms with Gasteiger partial charge in [0, 0.05) is 10.0 Å².